The molecule has 1 atom stereocenters. The van der Waals surface area contributed by atoms with Gasteiger partial charge in [0.05, 0.1) is 19.2 Å². The summed E-state index contributed by atoms with van der Waals surface area (Å²) < 4.78 is 10.7. The maximum atomic E-state index is 8.99. The minimum absolute atomic E-state index is 0.217. The molecule has 7 heteroatoms. The van der Waals surface area contributed by atoms with Crippen LogP contribution in [0.3, 0.4) is 0 Å². The second-order valence-corrected chi connectivity index (χ2v) is 5.45. The lowest BCUT2D eigenvalue weighted by molar-refractivity contribution is 0.0761. The molecule has 0 spiro atoms. The van der Waals surface area contributed by atoms with Gasteiger partial charge in [0.1, 0.15) is 5.82 Å². The van der Waals surface area contributed by atoms with Gasteiger partial charge in [0.15, 0.2) is 11.9 Å². The predicted octanol–water partition coefficient (Wildman–Crippen LogP) is 1.98. The van der Waals surface area contributed by atoms with Crippen LogP contribution < -0.4 is 4.90 Å². The molecule has 1 unspecified atom stereocenters. The molecule has 114 valence electrons. The minimum atomic E-state index is -0.421. The number of morpholine rings is 1. The van der Waals surface area contributed by atoms with Crippen LogP contribution in [0.25, 0.3) is 11.5 Å². The van der Waals surface area contributed by atoms with E-state index in [1.807, 2.05) is 30.9 Å². The topological polar surface area (TPSA) is 88.1 Å². The monoisotopic (exact) mass is 299 g/mol. The van der Waals surface area contributed by atoms with Gasteiger partial charge in [-0.15, -0.1) is 0 Å². The molecule has 2 aromatic rings. The molecular weight excluding hydrogens is 282 g/mol. The first-order valence-corrected chi connectivity index (χ1v) is 7.23. The van der Waals surface area contributed by atoms with E-state index < -0.39 is 6.10 Å². The lowest BCUT2D eigenvalue weighted by atomic mass is 10.2. The van der Waals surface area contributed by atoms with Crippen LogP contribution in [-0.2, 0) is 4.74 Å². The molecule has 3 rings (SSSR count). The van der Waals surface area contributed by atoms with E-state index >= 15 is 0 Å². The Morgan fingerprint density at radius 2 is 2.32 bits per heavy atom. The van der Waals surface area contributed by atoms with Crippen molar-refractivity contribution in [1.29, 1.82) is 5.26 Å². The summed E-state index contributed by atoms with van der Waals surface area (Å²) >= 11 is 0. The molecule has 2 aromatic heterocycles. The number of rotatable bonds is 3. The van der Waals surface area contributed by atoms with Gasteiger partial charge in [0.2, 0.25) is 0 Å². The summed E-state index contributed by atoms with van der Waals surface area (Å²) in [6.07, 6.45) is 1.29. The predicted molar refractivity (Wildman–Crippen MR) is 79.2 cm³/mol. The Labute approximate surface area is 128 Å². The molecule has 1 saturated heterocycles. The SMILES string of the molecule is CC(C)c1noc(-c2ccnc(N3CCOC(C#N)C3)c2)n1. The molecule has 3 heterocycles. The summed E-state index contributed by atoms with van der Waals surface area (Å²) in [7, 11) is 0. The van der Waals surface area contributed by atoms with Crippen molar-refractivity contribution in [3.05, 3.63) is 24.2 Å². The van der Waals surface area contributed by atoms with Gasteiger partial charge in [-0.25, -0.2) is 4.98 Å². The Morgan fingerprint density at radius 1 is 1.45 bits per heavy atom. The van der Waals surface area contributed by atoms with Crippen molar-refractivity contribution in [1.82, 2.24) is 15.1 Å². The number of anilines is 1. The molecule has 0 amide bonds. The summed E-state index contributed by atoms with van der Waals surface area (Å²) in [6, 6.07) is 5.87. The summed E-state index contributed by atoms with van der Waals surface area (Å²) in [4.78, 5) is 10.8. The maximum Gasteiger partial charge on any atom is 0.258 e. The van der Waals surface area contributed by atoms with Gasteiger partial charge in [-0.05, 0) is 12.1 Å². The van der Waals surface area contributed by atoms with Gasteiger partial charge in [-0.2, -0.15) is 10.2 Å². The highest BCUT2D eigenvalue weighted by molar-refractivity contribution is 5.58. The standard InChI is InChI=1S/C15H17N5O2/c1-10(2)14-18-15(22-19-14)11-3-4-17-13(7-11)20-5-6-21-12(8-16)9-20/h3-4,7,10,12H,5-6,9H2,1-2H3. The van der Waals surface area contributed by atoms with E-state index in [4.69, 9.17) is 14.5 Å². The highest BCUT2D eigenvalue weighted by Gasteiger charge is 2.22. The van der Waals surface area contributed by atoms with E-state index in [1.165, 1.54) is 0 Å². The van der Waals surface area contributed by atoms with E-state index in [9.17, 15) is 0 Å². The van der Waals surface area contributed by atoms with Gasteiger partial charge in [0, 0.05) is 24.2 Å². The number of hydrogen-bond acceptors (Lipinski definition) is 7. The zero-order valence-electron chi connectivity index (χ0n) is 12.6. The summed E-state index contributed by atoms with van der Waals surface area (Å²) in [6.45, 7) is 5.76. The maximum absolute atomic E-state index is 8.99. The fourth-order valence-electron chi connectivity index (χ4n) is 2.25. The molecule has 0 radical (unpaired) electrons. The first-order chi connectivity index (χ1) is 10.7. The van der Waals surface area contributed by atoms with Crippen molar-refractivity contribution in [2.45, 2.75) is 25.9 Å². The third-order valence-electron chi connectivity index (χ3n) is 3.49. The summed E-state index contributed by atoms with van der Waals surface area (Å²) in [5, 5.41) is 13.0. The molecule has 0 aliphatic carbocycles. The van der Waals surface area contributed by atoms with Gasteiger partial charge in [-0.3, -0.25) is 0 Å². The molecular formula is C15H17N5O2. The Hall–Kier alpha value is -2.46. The first-order valence-electron chi connectivity index (χ1n) is 7.23. The largest absolute Gasteiger partial charge is 0.360 e. The van der Waals surface area contributed by atoms with Crippen molar-refractivity contribution in [3.63, 3.8) is 0 Å². The average molecular weight is 299 g/mol. The fourth-order valence-corrected chi connectivity index (χ4v) is 2.25. The van der Waals surface area contributed by atoms with E-state index in [-0.39, 0.29) is 5.92 Å². The molecule has 1 aliphatic heterocycles. The Balaban J connectivity index is 1.84. The van der Waals surface area contributed by atoms with Crippen LogP contribution in [0.5, 0.6) is 0 Å². The molecule has 1 fully saturated rings. The molecule has 22 heavy (non-hydrogen) atoms. The van der Waals surface area contributed by atoms with Crippen LogP contribution >= 0.6 is 0 Å². The lowest BCUT2D eigenvalue weighted by Gasteiger charge is -2.30. The zero-order chi connectivity index (χ0) is 15.5. The number of ether oxygens (including phenoxy) is 1. The molecule has 0 N–H and O–H groups in total. The number of hydrogen-bond donors (Lipinski definition) is 0. The lowest BCUT2D eigenvalue weighted by Crippen LogP contribution is -2.42. The summed E-state index contributed by atoms with van der Waals surface area (Å²) in [5.41, 5.74) is 0.824. The third-order valence-corrected chi connectivity index (χ3v) is 3.49. The van der Waals surface area contributed by atoms with Gasteiger partial charge in [-0.1, -0.05) is 19.0 Å². The van der Waals surface area contributed by atoms with Crippen molar-refractivity contribution in [3.8, 4) is 17.5 Å². The highest BCUT2D eigenvalue weighted by Crippen LogP contribution is 2.24. The van der Waals surface area contributed by atoms with Crippen LogP contribution in [0, 0.1) is 11.3 Å². The fraction of sp³-hybridized carbons (Fsp3) is 0.467. The molecule has 0 saturated carbocycles. The van der Waals surface area contributed by atoms with Crippen molar-refractivity contribution in [2.75, 3.05) is 24.6 Å². The first kappa shape index (κ1) is 14.5. The van der Waals surface area contributed by atoms with E-state index in [1.54, 1.807) is 6.20 Å². The Bertz CT molecular complexity index is 691. The molecule has 0 bridgehead atoms. The average Bonchev–Trinajstić information content (AvgIpc) is 3.05. The van der Waals surface area contributed by atoms with E-state index in [0.717, 1.165) is 11.4 Å². The van der Waals surface area contributed by atoms with Crippen molar-refractivity contribution < 1.29 is 9.26 Å². The van der Waals surface area contributed by atoms with Crippen LogP contribution in [0.15, 0.2) is 22.9 Å². The van der Waals surface area contributed by atoms with Gasteiger partial charge >= 0.3 is 0 Å². The van der Waals surface area contributed by atoms with Crippen molar-refractivity contribution >= 4 is 5.82 Å². The van der Waals surface area contributed by atoms with E-state index in [2.05, 4.69) is 21.2 Å². The van der Waals surface area contributed by atoms with Gasteiger partial charge < -0.3 is 14.2 Å². The van der Waals surface area contributed by atoms with E-state index in [0.29, 0.717) is 31.4 Å². The third kappa shape index (κ3) is 2.92. The Morgan fingerprint density at radius 3 is 3.05 bits per heavy atom. The number of aromatic nitrogens is 3. The van der Waals surface area contributed by atoms with Gasteiger partial charge in [0.25, 0.3) is 5.89 Å². The summed E-state index contributed by atoms with van der Waals surface area (Å²) in [5.74, 6) is 2.17. The normalized spacial score (nSPS) is 18.5. The van der Waals surface area contributed by atoms with Crippen LogP contribution in [0.2, 0.25) is 0 Å². The minimum Gasteiger partial charge on any atom is -0.360 e. The zero-order valence-corrected chi connectivity index (χ0v) is 12.6. The Kier molecular flexibility index (Phi) is 4.02. The molecule has 7 nitrogen and oxygen atoms in total. The second-order valence-electron chi connectivity index (χ2n) is 5.45. The smallest absolute Gasteiger partial charge is 0.258 e. The highest BCUT2D eigenvalue weighted by atomic mass is 16.5. The van der Waals surface area contributed by atoms with Crippen LogP contribution in [-0.4, -0.2) is 40.9 Å². The molecule has 1 aliphatic rings. The second kappa shape index (κ2) is 6.12. The van der Waals surface area contributed by atoms with Crippen molar-refractivity contribution in [2.24, 2.45) is 0 Å². The molecule has 0 aromatic carbocycles. The number of pyridine rings is 1. The number of nitrogens with zero attached hydrogens (tertiary/aromatic N) is 5. The number of nitriles is 1. The van der Waals surface area contributed by atoms with Crippen LogP contribution in [0.1, 0.15) is 25.6 Å². The van der Waals surface area contributed by atoms with Crippen LogP contribution in [0.4, 0.5) is 5.82 Å². The quantitative estimate of drug-likeness (QED) is 0.856.